The number of aromatic hydroxyl groups is 1. The SMILES string of the molecule is Oc1cccc2c1CC(NC1CCCC1)C2. The Balaban J connectivity index is 1.68. The predicted molar refractivity (Wildman–Crippen MR) is 64.7 cm³/mol. The van der Waals surface area contributed by atoms with Gasteiger partial charge in [0.2, 0.25) is 0 Å². The average Bonchev–Trinajstić information content (AvgIpc) is 2.88. The van der Waals surface area contributed by atoms with Gasteiger partial charge in [0.1, 0.15) is 5.75 Å². The molecule has 0 heterocycles. The second kappa shape index (κ2) is 4.10. The minimum atomic E-state index is 0.480. The monoisotopic (exact) mass is 217 g/mol. The molecule has 1 saturated carbocycles. The number of nitrogens with one attached hydrogen (secondary N) is 1. The highest BCUT2D eigenvalue weighted by Crippen LogP contribution is 2.30. The molecule has 0 aliphatic heterocycles. The number of fused-ring (bicyclic) bond motifs is 1. The molecule has 1 aromatic rings. The highest BCUT2D eigenvalue weighted by molar-refractivity contribution is 5.43. The summed E-state index contributed by atoms with van der Waals surface area (Å²) in [5.74, 6) is 0.480. The topological polar surface area (TPSA) is 32.3 Å². The van der Waals surface area contributed by atoms with E-state index in [0.29, 0.717) is 11.8 Å². The lowest BCUT2D eigenvalue weighted by molar-refractivity contribution is 0.433. The number of hydrogen-bond acceptors (Lipinski definition) is 2. The van der Waals surface area contributed by atoms with Crippen LogP contribution in [0, 0.1) is 0 Å². The van der Waals surface area contributed by atoms with Crippen LogP contribution in [-0.2, 0) is 12.8 Å². The van der Waals surface area contributed by atoms with E-state index in [9.17, 15) is 5.11 Å². The molecule has 3 rings (SSSR count). The van der Waals surface area contributed by atoms with E-state index in [0.717, 1.165) is 24.4 Å². The lowest BCUT2D eigenvalue weighted by atomic mass is 10.1. The van der Waals surface area contributed by atoms with Crippen molar-refractivity contribution in [2.24, 2.45) is 0 Å². The Hall–Kier alpha value is -1.02. The van der Waals surface area contributed by atoms with Crippen LogP contribution in [0.2, 0.25) is 0 Å². The van der Waals surface area contributed by atoms with Gasteiger partial charge in [0, 0.05) is 12.1 Å². The summed E-state index contributed by atoms with van der Waals surface area (Å²) in [6.45, 7) is 0. The number of hydrogen-bond donors (Lipinski definition) is 2. The minimum absolute atomic E-state index is 0.480. The largest absolute Gasteiger partial charge is 0.508 e. The zero-order valence-corrected chi connectivity index (χ0v) is 9.58. The molecule has 16 heavy (non-hydrogen) atoms. The van der Waals surface area contributed by atoms with Crippen LogP contribution < -0.4 is 5.32 Å². The van der Waals surface area contributed by atoms with E-state index in [1.807, 2.05) is 6.07 Å². The first-order valence-electron chi connectivity index (χ1n) is 6.39. The van der Waals surface area contributed by atoms with E-state index in [4.69, 9.17) is 0 Å². The van der Waals surface area contributed by atoms with Crippen molar-refractivity contribution in [2.75, 3.05) is 0 Å². The Bertz CT molecular complexity index is 382. The Morgan fingerprint density at radius 3 is 2.62 bits per heavy atom. The van der Waals surface area contributed by atoms with Crippen molar-refractivity contribution < 1.29 is 5.11 Å². The van der Waals surface area contributed by atoms with E-state index in [2.05, 4.69) is 11.4 Å². The first kappa shape index (κ1) is 10.2. The van der Waals surface area contributed by atoms with Crippen LogP contribution in [0.25, 0.3) is 0 Å². The molecule has 1 unspecified atom stereocenters. The smallest absolute Gasteiger partial charge is 0.119 e. The van der Waals surface area contributed by atoms with Gasteiger partial charge in [0.15, 0.2) is 0 Å². The molecule has 86 valence electrons. The number of benzene rings is 1. The molecule has 2 heteroatoms. The van der Waals surface area contributed by atoms with Crippen molar-refractivity contribution in [1.82, 2.24) is 5.32 Å². The molecule has 1 aromatic carbocycles. The van der Waals surface area contributed by atoms with Crippen LogP contribution in [0.3, 0.4) is 0 Å². The quantitative estimate of drug-likeness (QED) is 0.797. The van der Waals surface area contributed by atoms with E-state index in [-0.39, 0.29) is 0 Å². The van der Waals surface area contributed by atoms with Gasteiger partial charge >= 0.3 is 0 Å². The fraction of sp³-hybridized carbons (Fsp3) is 0.571. The van der Waals surface area contributed by atoms with Gasteiger partial charge in [-0.25, -0.2) is 0 Å². The summed E-state index contributed by atoms with van der Waals surface area (Å²) >= 11 is 0. The molecule has 2 aliphatic carbocycles. The maximum Gasteiger partial charge on any atom is 0.119 e. The van der Waals surface area contributed by atoms with Gasteiger partial charge in [-0.1, -0.05) is 25.0 Å². The zero-order valence-electron chi connectivity index (χ0n) is 9.58. The summed E-state index contributed by atoms with van der Waals surface area (Å²) in [7, 11) is 0. The van der Waals surface area contributed by atoms with Crippen molar-refractivity contribution in [1.29, 1.82) is 0 Å². The number of phenolic OH excluding ortho intramolecular Hbond substituents is 1. The fourth-order valence-corrected chi connectivity index (χ4v) is 3.18. The van der Waals surface area contributed by atoms with Crippen molar-refractivity contribution in [2.45, 2.75) is 50.6 Å². The number of phenols is 1. The Morgan fingerprint density at radius 2 is 1.88 bits per heavy atom. The van der Waals surface area contributed by atoms with Gasteiger partial charge in [0.25, 0.3) is 0 Å². The summed E-state index contributed by atoms with van der Waals surface area (Å²) in [4.78, 5) is 0. The maximum atomic E-state index is 9.78. The summed E-state index contributed by atoms with van der Waals surface area (Å²) in [6.07, 6.45) is 7.50. The van der Waals surface area contributed by atoms with Crippen LogP contribution >= 0.6 is 0 Å². The lowest BCUT2D eigenvalue weighted by Crippen LogP contribution is -2.37. The molecule has 0 aromatic heterocycles. The molecule has 1 atom stereocenters. The molecular weight excluding hydrogens is 198 g/mol. The van der Waals surface area contributed by atoms with Crippen molar-refractivity contribution in [3.63, 3.8) is 0 Å². The third-order valence-electron chi connectivity index (χ3n) is 3.99. The minimum Gasteiger partial charge on any atom is -0.508 e. The molecule has 0 saturated heterocycles. The summed E-state index contributed by atoms with van der Waals surface area (Å²) in [5, 5.41) is 13.5. The van der Waals surface area contributed by atoms with Crippen molar-refractivity contribution in [3.8, 4) is 5.75 Å². The highest BCUT2D eigenvalue weighted by atomic mass is 16.3. The van der Waals surface area contributed by atoms with Crippen LogP contribution in [0.5, 0.6) is 5.75 Å². The van der Waals surface area contributed by atoms with Gasteiger partial charge in [0.05, 0.1) is 0 Å². The van der Waals surface area contributed by atoms with Crippen LogP contribution in [0.4, 0.5) is 0 Å². The van der Waals surface area contributed by atoms with Gasteiger partial charge in [-0.05, 0) is 42.9 Å². The van der Waals surface area contributed by atoms with Crippen molar-refractivity contribution >= 4 is 0 Å². The van der Waals surface area contributed by atoms with E-state index < -0.39 is 0 Å². The lowest BCUT2D eigenvalue weighted by Gasteiger charge is -2.17. The maximum absolute atomic E-state index is 9.78. The zero-order chi connectivity index (χ0) is 11.0. The molecule has 2 N–H and O–H groups in total. The van der Waals surface area contributed by atoms with Crippen LogP contribution in [-0.4, -0.2) is 17.2 Å². The summed E-state index contributed by atoms with van der Waals surface area (Å²) < 4.78 is 0. The van der Waals surface area contributed by atoms with Gasteiger partial charge in [-0.3, -0.25) is 0 Å². The first-order valence-corrected chi connectivity index (χ1v) is 6.39. The van der Waals surface area contributed by atoms with Crippen LogP contribution in [0.15, 0.2) is 18.2 Å². The third-order valence-corrected chi connectivity index (χ3v) is 3.99. The Kier molecular flexibility index (Phi) is 2.60. The van der Waals surface area contributed by atoms with E-state index >= 15 is 0 Å². The standard InChI is InChI=1S/C14H19NO/c16-14-7-3-4-10-8-12(9-13(10)14)15-11-5-1-2-6-11/h3-4,7,11-12,15-16H,1-2,5-6,8-9H2. The van der Waals surface area contributed by atoms with E-state index in [1.165, 1.54) is 31.2 Å². The van der Waals surface area contributed by atoms with E-state index in [1.54, 1.807) is 6.07 Å². The molecule has 0 radical (unpaired) electrons. The van der Waals surface area contributed by atoms with Crippen LogP contribution in [0.1, 0.15) is 36.8 Å². The Labute approximate surface area is 96.7 Å². The molecule has 1 fully saturated rings. The fourth-order valence-electron chi connectivity index (χ4n) is 3.18. The normalized spacial score (nSPS) is 24.9. The second-order valence-corrected chi connectivity index (χ2v) is 5.17. The van der Waals surface area contributed by atoms with Gasteiger partial charge < -0.3 is 10.4 Å². The second-order valence-electron chi connectivity index (χ2n) is 5.17. The summed E-state index contributed by atoms with van der Waals surface area (Å²) in [6, 6.07) is 7.17. The molecule has 0 spiro atoms. The molecule has 2 aliphatic rings. The van der Waals surface area contributed by atoms with Gasteiger partial charge in [-0.15, -0.1) is 0 Å². The van der Waals surface area contributed by atoms with Gasteiger partial charge in [-0.2, -0.15) is 0 Å². The highest BCUT2D eigenvalue weighted by Gasteiger charge is 2.26. The molecular formula is C14H19NO. The molecule has 0 bridgehead atoms. The molecule has 2 nitrogen and oxygen atoms in total. The van der Waals surface area contributed by atoms with Crippen molar-refractivity contribution in [3.05, 3.63) is 29.3 Å². The Morgan fingerprint density at radius 1 is 1.06 bits per heavy atom. The summed E-state index contributed by atoms with van der Waals surface area (Å²) in [5.41, 5.74) is 2.49. The predicted octanol–water partition coefficient (Wildman–Crippen LogP) is 2.39. The number of rotatable bonds is 2. The third kappa shape index (κ3) is 1.82. The average molecular weight is 217 g/mol. The molecule has 0 amide bonds. The first-order chi connectivity index (χ1) is 7.83.